The van der Waals surface area contributed by atoms with Gasteiger partial charge in [-0.1, -0.05) is 6.92 Å². The van der Waals surface area contributed by atoms with E-state index in [4.69, 9.17) is 10.8 Å². The van der Waals surface area contributed by atoms with E-state index >= 15 is 0 Å². The van der Waals surface area contributed by atoms with Gasteiger partial charge < -0.3 is 10.8 Å². The van der Waals surface area contributed by atoms with Crippen LogP contribution in [0.5, 0.6) is 0 Å². The second-order valence-electron chi connectivity index (χ2n) is 1.94. The highest BCUT2D eigenvalue weighted by molar-refractivity contribution is 6.12. The van der Waals surface area contributed by atoms with Crippen molar-refractivity contribution in [2.45, 2.75) is 6.92 Å². The van der Waals surface area contributed by atoms with Crippen molar-refractivity contribution in [2.24, 2.45) is 11.8 Å². The monoisotopic (exact) mass is 96.1 g/mol. The summed E-state index contributed by atoms with van der Waals surface area (Å²) in [6.07, 6.45) is 1.34. The zero-order valence-corrected chi connectivity index (χ0v) is 4.23. The molecule has 0 amide bonds. The zero-order chi connectivity index (χ0) is 5.44. The van der Waals surface area contributed by atoms with Crippen molar-refractivity contribution in [3.05, 3.63) is 0 Å². The molecule has 1 aliphatic carbocycles. The lowest BCUT2D eigenvalue weighted by Crippen LogP contribution is -1.74. The molecule has 1 rings (SSSR count). The Kier molecular flexibility index (Phi) is 0.741. The van der Waals surface area contributed by atoms with Gasteiger partial charge in [-0.05, 0) is 0 Å². The molecule has 2 unspecified atom stereocenters. The van der Waals surface area contributed by atoms with E-state index in [9.17, 15) is 0 Å². The van der Waals surface area contributed by atoms with E-state index in [1.807, 2.05) is 6.92 Å². The molecular formula is C5H8N2. The van der Waals surface area contributed by atoms with Gasteiger partial charge in [0.25, 0.3) is 0 Å². The molecule has 38 valence electrons. The molecule has 7 heavy (non-hydrogen) atoms. The van der Waals surface area contributed by atoms with Gasteiger partial charge in [0.1, 0.15) is 0 Å². The van der Waals surface area contributed by atoms with Crippen LogP contribution in [0.4, 0.5) is 0 Å². The Morgan fingerprint density at radius 2 is 2.14 bits per heavy atom. The second kappa shape index (κ2) is 1.15. The van der Waals surface area contributed by atoms with Crippen LogP contribution in [0.25, 0.3) is 0 Å². The summed E-state index contributed by atoms with van der Waals surface area (Å²) in [6, 6.07) is 0. The topological polar surface area (TPSA) is 47.7 Å². The minimum absolute atomic E-state index is 0.194. The number of nitrogens with one attached hydrogen (secondary N) is 2. The molecule has 2 heteroatoms. The van der Waals surface area contributed by atoms with Crippen LogP contribution < -0.4 is 0 Å². The van der Waals surface area contributed by atoms with E-state index < -0.39 is 0 Å². The second-order valence-corrected chi connectivity index (χ2v) is 1.94. The van der Waals surface area contributed by atoms with Crippen molar-refractivity contribution in [2.75, 3.05) is 0 Å². The van der Waals surface area contributed by atoms with E-state index in [0.29, 0.717) is 5.92 Å². The standard InChI is InChI=1S/C5H8N2/c1-3-4(2-6)5(3)7/h2-4,6-7H,1H3. The lowest BCUT2D eigenvalue weighted by molar-refractivity contribution is 0.946. The van der Waals surface area contributed by atoms with E-state index in [-0.39, 0.29) is 5.92 Å². The summed E-state index contributed by atoms with van der Waals surface area (Å²) in [7, 11) is 0. The molecule has 2 nitrogen and oxygen atoms in total. The first-order valence-electron chi connectivity index (χ1n) is 2.36. The van der Waals surface area contributed by atoms with Crippen LogP contribution in [0.15, 0.2) is 0 Å². The highest BCUT2D eigenvalue weighted by Gasteiger charge is 2.38. The predicted molar refractivity (Wildman–Crippen MR) is 29.2 cm³/mol. The Labute approximate surface area is 42.6 Å². The molecule has 0 spiro atoms. The number of hydrogen-bond acceptors (Lipinski definition) is 2. The summed E-state index contributed by atoms with van der Waals surface area (Å²) in [4.78, 5) is 0. The highest BCUT2D eigenvalue weighted by Crippen LogP contribution is 2.30. The molecule has 0 heterocycles. The van der Waals surface area contributed by atoms with E-state index in [1.165, 1.54) is 6.21 Å². The van der Waals surface area contributed by atoms with Gasteiger partial charge in [-0.2, -0.15) is 0 Å². The summed E-state index contributed by atoms with van der Waals surface area (Å²) in [5.74, 6) is 0.567. The summed E-state index contributed by atoms with van der Waals surface area (Å²) >= 11 is 0. The van der Waals surface area contributed by atoms with Gasteiger partial charge in [0.2, 0.25) is 0 Å². The number of hydrogen-bond donors (Lipinski definition) is 2. The van der Waals surface area contributed by atoms with Crippen LogP contribution in [-0.2, 0) is 0 Å². The molecule has 0 bridgehead atoms. The summed E-state index contributed by atoms with van der Waals surface area (Å²) in [6.45, 7) is 1.97. The van der Waals surface area contributed by atoms with Crippen LogP contribution in [0.3, 0.4) is 0 Å². The Balaban J connectivity index is 2.53. The van der Waals surface area contributed by atoms with Crippen molar-refractivity contribution in [1.82, 2.24) is 0 Å². The fourth-order valence-corrected chi connectivity index (χ4v) is 0.655. The van der Waals surface area contributed by atoms with Crippen molar-refractivity contribution in [1.29, 1.82) is 10.8 Å². The first-order valence-corrected chi connectivity index (χ1v) is 2.36. The first-order chi connectivity index (χ1) is 3.27. The summed E-state index contributed by atoms with van der Waals surface area (Å²) in [5, 5.41) is 13.7. The van der Waals surface area contributed by atoms with Crippen LogP contribution in [0.1, 0.15) is 6.92 Å². The summed E-state index contributed by atoms with van der Waals surface area (Å²) in [5.41, 5.74) is 0.718. The van der Waals surface area contributed by atoms with E-state index in [0.717, 1.165) is 5.71 Å². The third-order valence-corrected chi connectivity index (χ3v) is 1.46. The molecule has 0 radical (unpaired) electrons. The van der Waals surface area contributed by atoms with Crippen LogP contribution in [-0.4, -0.2) is 11.9 Å². The van der Waals surface area contributed by atoms with E-state index in [2.05, 4.69) is 0 Å². The molecular weight excluding hydrogens is 88.1 g/mol. The van der Waals surface area contributed by atoms with Gasteiger partial charge in [0.05, 0.1) is 0 Å². The van der Waals surface area contributed by atoms with Crippen LogP contribution in [0.2, 0.25) is 0 Å². The predicted octanol–water partition coefficient (Wildman–Crippen LogP) is 0.922. The molecule has 0 saturated heterocycles. The van der Waals surface area contributed by atoms with Gasteiger partial charge in [-0.25, -0.2) is 0 Å². The van der Waals surface area contributed by atoms with Crippen molar-refractivity contribution < 1.29 is 0 Å². The minimum atomic E-state index is 0.194. The molecule has 1 aliphatic rings. The van der Waals surface area contributed by atoms with Crippen LogP contribution in [0, 0.1) is 22.7 Å². The fraction of sp³-hybridized carbons (Fsp3) is 0.600. The smallest absolute Gasteiger partial charge is 0.0394 e. The lowest BCUT2D eigenvalue weighted by atomic mass is 10.4. The molecule has 2 N–H and O–H groups in total. The average Bonchev–Trinajstić information content (AvgIpc) is 2.17. The lowest BCUT2D eigenvalue weighted by Gasteiger charge is -1.67. The molecule has 0 aliphatic heterocycles. The molecule has 0 aromatic rings. The molecule has 1 fully saturated rings. The molecule has 1 saturated carbocycles. The Hall–Kier alpha value is -0.660. The molecule has 0 aromatic carbocycles. The SMILES string of the molecule is CC1C(=N)C1C=N. The normalized spacial score (nSPS) is 38.1. The maximum Gasteiger partial charge on any atom is 0.0394 e. The van der Waals surface area contributed by atoms with Gasteiger partial charge >= 0.3 is 0 Å². The Morgan fingerprint density at radius 3 is 2.14 bits per heavy atom. The maximum absolute atomic E-state index is 7.02. The number of rotatable bonds is 1. The third-order valence-electron chi connectivity index (χ3n) is 1.46. The average molecular weight is 96.1 g/mol. The maximum atomic E-state index is 7.02. The highest BCUT2D eigenvalue weighted by atomic mass is 14.6. The Morgan fingerprint density at radius 1 is 1.71 bits per heavy atom. The summed E-state index contributed by atoms with van der Waals surface area (Å²) < 4.78 is 0. The molecule has 0 aromatic heterocycles. The van der Waals surface area contributed by atoms with Gasteiger partial charge in [-0.3, -0.25) is 0 Å². The van der Waals surface area contributed by atoms with Crippen molar-refractivity contribution in [3.63, 3.8) is 0 Å². The van der Waals surface area contributed by atoms with Gasteiger partial charge in [0.15, 0.2) is 0 Å². The molecule has 2 atom stereocenters. The Bertz CT molecular complexity index is 117. The third kappa shape index (κ3) is 0.463. The fourth-order valence-electron chi connectivity index (χ4n) is 0.655. The van der Waals surface area contributed by atoms with E-state index in [1.54, 1.807) is 0 Å². The quantitative estimate of drug-likeness (QED) is 0.456. The van der Waals surface area contributed by atoms with Gasteiger partial charge in [-0.15, -0.1) is 0 Å². The van der Waals surface area contributed by atoms with Gasteiger partial charge in [0, 0.05) is 23.8 Å². The zero-order valence-electron chi connectivity index (χ0n) is 4.23. The van der Waals surface area contributed by atoms with Crippen molar-refractivity contribution in [3.8, 4) is 0 Å². The minimum Gasteiger partial charge on any atom is -0.312 e. The van der Waals surface area contributed by atoms with Crippen molar-refractivity contribution >= 4 is 11.9 Å². The first kappa shape index (κ1) is 4.50. The van der Waals surface area contributed by atoms with Crippen LogP contribution >= 0.6 is 0 Å². The largest absolute Gasteiger partial charge is 0.312 e.